The molecule has 2 aromatic rings. The minimum atomic E-state index is 0.213. The zero-order chi connectivity index (χ0) is 15.9. The average molecular weight is 319 g/mol. The first-order chi connectivity index (χ1) is 11.3. The van der Waals surface area contributed by atoms with E-state index in [9.17, 15) is 0 Å². The second kappa shape index (κ2) is 7.94. The number of methoxy groups -OCH3 is 1. The van der Waals surface area contributed by atoms with Gasteiger partial charge in [0.2, 0.25) is 0 Å². The number of hydrogen-bond donors (Lipinski definition) is 1. The molecule has 7 heteroatoms. The molecule has 1 aromatic carbocycles. The molecule has 1 unspecified atom stereocenters. The molecule has 7 nitrogen and oxygen atoms in total. The number of benzene rings is 1. The van der Waals surface area contributed by atoms with Crippen LogP contribution >= 0.6 is 0 Å². The second-order valence-corrected chi connectivity index (χ2v) is 5.36. The van der Waals surface area contributed by atoms with Crippen LogP contribution in [0.15, 0.2) is 28.8 Å². The molecule has 0 radical (unpaired) electrons. The Balaban J connectivity index is 1.50. The Kier molecular flexibility index (Phi) is 5.44. The Morgan fingerprint density at radius 1 is 1.39 bits per heavy atom. The molecule has 1 atom stereocenters. The van der Waals surface area contributed by atoms with Gasteiger partial charge in [-0.15, -0.1) is 0 Å². The first kappa shape index (κ1) is 15.8. The van der Waals surface area contributed by atoms with Crippen molar-refractivity contribution in [2.45, 2.75) is 32.1 Å². The second-order valence-electron chi connectivity index (χ2n) is 5.36. The highest BCUT2D eigenvalue weighted by molar-refractivity contribution is 5.48. The Labute approximate surface area is 134 Å². The van der Waals surface area contributed by atoms with E-state index in [1.807, 2.05) is 24.3 Å². The average Bonchev–Trinajstić information content (AvgIpc) is 3.24. The van der Waals surface area contributed by atoms with Gasteiger partial charge in [0.15, 0.2) is 5.82 Å². The summed E-state index contributed by atoms with van der Waals surface area (Å²) in [4.78, 5) is 4.21. The Hall–Kier alpha value is -2.12. The van der Waals surface area contributed by atoms with Crippen molar-refractivity contribution in [3.05, 3.63) is 36.0 Å². The van der Waals surface area contributed by atoms with Crippen molar-refractivity contribution in [2.75, 3.05) is 25.6 Å². The van der Waals surface area contributed by atoms with Crippen LogP contribution in [0.4, 0.5) is 5.69 Å². The van der Waals surface area contributed by atoms with E-state index in [2.05, 4.69) is 15.5 Å². The molecule has 0 saturated carbocycles. The van der Waals surface area contributed by atoms with Crippen molar-refractivity contribution in [1.82, 2.24) is 10.1 Å². The van der Waals surface area contributed by atoms with Crippen LogP contribution < -0.4 is 10.1 Å². The fourth-order valence-corrected chi connectivity index (χ4v) is 2.39. The number of anilines is 1. The molecule has 124 valence electrons. The van der Waals surface area contributed by atoms with Crippen molar-refractivity contribution in [3.63, 3.8) is 0 Å². The summed E-state index contributed by atoms with van der Waals surface area (Å²) in [6.45, 7) is 2.22. The van der Waals surface area contributed by atoms with Gasteiger partial charge in [-0.1, -0.05) is 11.2 Å². The largest absolute Gasteiger partial charge is 0.491 e. The van der Waals surface area contributed by atoms with Gasteiger partial charge < -0.3 is 24.1 Å². The van der Waals surface area contributed by atoms with Crippen molar-refractivity contribution in [3.8, 4) is 5.75 Å². The predicted molar refractivity (Wildman–Crippen MR) is 83.2 cm³/mol. The maximum absolute atomic E-state index is 5.79. The third-order valence-electron chi connectivity index (χ3n) is 3.52. The molecule has 1 aromatic heterocycles. The number of ether oxygens (including phenoxy) is 3. The van der Waals surface area contributed by atoms with E-state index < -0.39 is 0 Å². The van der Waals surface area contributed by atoms with Crippen molar-refractivity contribution >= 4 is 5.69 Å². The number of nitrogens with zero attached hydrogens (tertiary/aromatic N) is 2. The quantitative estimate of drug-likeness (QED) is 0.800. The Morgan fingerprint density at radius 3 is 3.17 bits per heavy atom. The van der Waals surface area contributed by atoms with Crippen molar-refractivity contribution in [2.24, 2.45) is 0 Å². The third-order valence-corrected chi connectivity index (χ3v) is 3.52. The van der Waals surface area contributed by atoms with Gasteiger partial charge in [-0.25, -0.2) is 0 Å². The van der Waals surface area contributed by atoms with Crippen molar-refractivity contribution < 1.29 is 18.7 Å². The summed E-state index contributed by atoms with van der Waals surface area (Å²) in [5.74, 6) is 1.87. The number of aromatic nitrogens is 2. The van der Waals surface area contributed by atoms with Crippen LogP contribution in [-0.4, -0.2) is 36.6 Å². The maximum atomic E-state index is 5.79. The lowest BCUT2D eigenvalue weighted by Crippen LogP contribution is -2.16. The highest BCUT2D eigenvalue weighted by atomic mass is 16.5. The minimum Gasteiger partial charge on any atom is -0.491 e. The summed E-state index contributed by atoms with van der Waals surface area (Å²) in [6.07, 6.45) is 2.40. The maximum Gasteiger partial charge on any atom is 0.252 e. The minimum absolute atomic E-state index is 0.213. The summed E-state index contributed by atoms with van der Waals surface area (Å²) >= 11 is 0. The third kappa shape index (κ3) is 4.67. The van der Waals surface area contributed by atoms with E-state index in [1.54, 1.807) is 7.11 Å². The van der Waals surface area contributed by atoms with Gasteiger partial charge in [-0.3, -0.25) is 0 Å². The summed E-state index contributed by atoms with van der Waals surface area (Å²) in [7, 11) is 1.59. The lowest BCUT2D eigenvalue weighted by Gasteiger charge is -2.12. The van der Waals surface area contributed by atoms with Crippen molar-refractivity contribution in [1.29, 1.82) is 0 Å². The summed E-state index contributed by atoms with van der Waals surface area (Å²) < 4.78 is 21.3. The zero-order valence-electron chi connectivity index (χ0n) is 13.2. The first-order valence-corrected chi connectivity index (χ1v) is 7.72. The van der Waals surface area contributed by atoms with Gasteiger partial charge in [0.05, 0.1) is 12.6 Å². The van der Waals surface area contributed by atoms with Gasteiger partial charge in [0, 0.05) is 25.5 Å². The molecule has 23 heavy (non-hydrogen) atoms. The molecule has 1 aliphatic heterocycles. The van der Waals surface area contributed by atoms with Gasteiger partial charge >= 0.3 is 0 Å². The number of rotatable bonds is 8. The highest BCUT2D eigenvalue weighted by Gasteiger charge is 2.16. The van der Waals surface area contributed by atoms with Gasteiger partial charge in [-0.2, -0.15) is 4.98 Å². The fourth-order valence-electron chi connectivity index (χ4n) is 2.39. The standard InChI is InChI=1S/C16H21N3O4/c1-20-11-16-18-15(19-23-16)9-17-12-4-2-5-13(8-12)22-10-14-6-3-7-21-14/h2,4-5,8,14,17H,3,6-7,9-11H2,1H3. The predicted octanol–water partition coefficient (Wildman–Crippen LogP) is 2.39. The van der Waals surface area contributed by atoms with E-state index >= 15 is 0 Å². The first-order valence-electron chi connectivity index (χ1n) is 7.72. The summed E-state index contributed by atoms with van der Waals surface area (Å²) in [5, 5.41) is 7.13. The summed E-state index contributed by atoms with van der Waals surface area (Å²) in [5.41, 5.74) is 0.938. The van der Waals surface area contributed by atoms with Gasteiger partial charge in [0.25, 0.3) is 5.89 Å². The van der Waals surface area contributed by atoms with Gasteiger partial charge in [-0.05, 0) is 25.0 Å². The molecule has 0 bridgehead atoms. The SMILES string of the molecule is COCc1nc(CNc2cccc(OCC3CCCO3)c2)no1. The van der Waals surface area contributed by atoms with Crippen LogP contribution in [0.3, 0.4) is 0 Å². The molecule has 3 rings (SSSR count). The lowest BCUT2D eigenvalue weighted by molar-refractivity contribution is 0.0680. The lowest BCUT2D eigenvalue weighted by atomic mass is 10.2. The topological polar surface area (TPSA) is 78.6 Å². The van der Waals surface area contributed by atoms with Crippen LogP contribution in [-0.2, 0) is 22.6 Å². The summed E-state index contributed by atoms with van der Waals surface area (Å²) in [6, 6.07) is 7.80. The van der Waals surface area contributed by atoms with Crippen LogP contribution in [0.25, 0.3) is 0 Å². The molecule has 1 aliphatic rings. The molecule has 0 amide bonds. The molecule has 0 spiro atoms. The molecular formula is C16H21N3O4. The van der Waals surface area contributed by atoms with E-state index in [0.29, 0.717) is 31.5 Å². The van der Waals surface area contributed by atoms with E-state index in [4.69, 9.17) is 18.7 Å². The molecule has 1 saturated heterocycles. The van der Waals surface area contributed by atoms with Crippen LogP contribution in [0, 0.1) is 0 Å². The fraction of sp³-hybridized carbons (Fsp3) is 0.500. The van der Waals surface area contributed by atoms with E-state index in [-0.39, 0.29) is 6.10 Å². The Bertz CT molecular complexity index is 611. The van der Waals surface area contributed by atoms with Crippen LogP contribution in [0.2, 0.25) is 0 Å². The number of nitrogens with one attached hydrogen (secondary N) is 1. The van der Waals surface area contributed by atoms with Crippen LogP contribution in [0.5, 0.6) is 5.75 Å². The van der Waals surface area contributed by atoms with Gasteiger partial charge in [0.1, 0.15) is 19.0 Å². The zero-order valence-corrected chi connectivity index (χ0v) is 13.2. The number of hydrogen-bond acceptors (Lipinski definition) is 7. The smallest absolute Gasteiger partial charge is 0.252 e. The van der Waals surface area contributed by atoms with E-state index in [1.165, 1.54) is 0 Å². The monoisotopic (exact) mass is 319 g/mol. The highest BCUT2D eigenvalue weighted by Crippen LogP contribution is 2.20. The molecule has 2 heterocycles. The molecular weight excluding hydrogens is 298 g/mol. The molecule has 1 N–H and O–H groups in total. The molecule has 1 fully saturated rings. The van der Waals surface area contributed by atoms with Crippen LogP contribution in [0.1, 0.15) is 24.6 Å². The Morgan fingerprint density at radius 2 is 2.35 bits per heavy atom. The van der Waals surface area contributed by atoms with E-state index in [0.717, 1.165) is 30.9 Å². The normalized spacial score (nSPS) is 17.3. The molecule has 0 aliphatic carbocycles.